The zero-order chi connectivity index (χ0) is 6.97. The lowest BCUT2D eigenvalue weighted by Gasteiger charge is -2.19. The molecule has 0 aromatic rings. The fourth-order valence-electron chi connectivity index (χ4n) is 2.79. The number of ether oxygens (including phenoxy) is 1. The Balaban J connectivity index is 1.90. The van der Waals surface area contributed by atoms with E-state index in [1.807, 2.05) is 7.11 Å². The van der Waals surface area contributed by atoms with E-state index in [4.69, 9.17) is 4.74 Å². The second-order valence-electron chi connectivity index (χ2n) is 3.89. The Morgan fingerprint density at radius 3 is 2.70 bits per heavy atom. The third-order valence-electron chi connectivity index (χ3n) is 3.27. The largest absolute Gasteiger partial charge is 0.384 e. The van der Waals surface area contributed by atoms with Crippen molar-refractivity contribution in [2.24, 2.45) is 17.8 Å². The van der Waals surface area contributed by atoms with Gasteiger partial charge in [-0.1, -0.05) is 6.42 Å². The molecule has 1 nitrogen and oxygen atoms in total. The monoisotopic (exact) mass is 140 g/mol. The third-order valence-corrected chi connectivity index (χ3v) is 3.27. The SMILES string of the molecule is COC[C@@H]1CC2CC[C@H]1C2. The van der Waals surface area contributed by atoms with E-state index in [9.17, 15) is 0 Å². The molecule has 0 radical (unpaired) electrons. The molecule has 2 aliphatic rings. The van der Waals surface area contributed by atoms with Crippen LogP contribution in [0.5, 0.6) is 0 Å². The van der Waals surface area contributed by atoms with Crippen LogP contribution in [0.15, 0.2) is 0 Å². The van der Waals surface area contributed by atoms with Gasteiger partial charge in [0, 0.05) is 13.7 Å². The van der Waals surface area contributed by atoms with Crippen molar-refractivity contribution in [2.75, 3.05) is 13.7 Å². The molecule has 0 aliphatic heterocycles. The van der Waals surface area contributed by atoms with Crippen molar-refractivity contribution in [3.63, 3.8) is 0 Å². The summed E-state index contributed by atoms with van der Waals surface area (Å²) in [5.74, 6) is 3.03. The van der Waals surface area contributed by atoms with Gasteiger partial charge in [-0.25, -0.2) is 0 Å². The summed E-state index contributed by atoms with van der Waals surface area (Å²) >= 11 is 0. The van der Waals surface area contributed by atoms with Crippen LogP contribution in [-0.4, -0.2) is 13.7 Å². The first-order valence-electron chi connectivity index (χ1n) is 4.39. The molecule has 58 valence electrons. The Morgan fingerprint density at radius 2 is 2.20 bits per heavy atom. The molecule has 0 saturated heterocycles. The van der Waals surface area contributed by atoms with Gasteiger partial charge in [0.25, 0.3) is 0 Å². The Labute approximate surface area is 62.8 Å². The Hall–Kier alpha value is -0.0400. The molecule has 2 fully saturated rings. The van der Waals surface area contributed by atoms with E-state index >= 15 is 0 Å². The van der Waals surface area contributed by atoms with Gasteiger partial charge in [-0.15, -0.1) is 0 Å². The fourth-order valence-corrected chi connectivity index (χ4v) is 2.79. The van der Waals surface area contributed by atoms with E-state index in [-0.39, 0.29) is 0 Å². The van der Waals surface area contributed by atoms with Gasteiger partial charge in [-0.3, -0.25) is 0 Å². The summed E-state index contributed by atoms with van der Waals surface area (Å²) in [6.45, 7) is 1.02. The van der Waals surface area contributed by atoms with E-state index in [0.29, 0.717) is 0 Å². The molecule has 1 unspecified atom stereocenters. The van der Waals surface area contributed by atoms with Gasteiger partial charge < -0.3 is 4.74 Å². The summed E-state index contributed by atoms with van der Waals surface area (Å²) in [6.07, 6.45) is 5.95. The second-order valence-corrected chi connectivity index (χ2v) is 3.89. The van der Waals surface area contributed by atoms with Crippen LogP contribution in [0.25, 0.3) is 0 Å². The molecular formula is C9H16O. The molecule has 1 heteroatoms. The predicted octanol–water partition coefficient (Wildman–Crippen LogP) is 2.07. The topological polar surface area (TPSA) is 9.23 Å². The van der Waals surface area contributed by atoms with Gasteiger partial charge in [-0.05, 0) is 37.0 Å². The number of methoxy groups -OCH3 is 1. The summed E-state index contributed by atoms with van der Waals surface area (Å²) in [4.78, 5) is 0. The van der Waals surface area contributed by atoms with Crippen molar-refractivity contribution in [3.05, 3.63) is 0 Å². The van der Waals surface area contributed by atoms with Crippen molar-refractivity contribution in [1.82, 2.24) is 0 Å². The van der Waals surface area contributed by atoms with Crippen LogP contribution in [0, 0.1) is 17.8 Å². The minimum Gasteiger partial charge on any atom is -0.384 e. The lowest BCUT2D eigenvalue weighted by atomic mass is 9.90. The first-order chi connectivity index (χ1) is 4.90. The van der Waals surface area contributed by atoms with E-state index in [1.165, 1.54) is 25.7 Å². The molecule has 2 aliphatic carbocycles. The van der Waals surface area contributed by atoms with Gasteiger partial charge in [0.15, 0.2) is 0 Å². The molecule has 0 aromatic heterocycles. The molecular weight excluding hydrogens is 124 g/mol. The summed E-state index contributed by atoms with van der Waals surface area (Å²) in [5.41, 5.74) is 0. The zero-order valence-electron chi connectivity index (χ0n) is 6.68. The number of hydrogen-bond acceptors (Lipinski definition) is 1. The lowest BCUT2D eigenvalue weighted by Crippen LogP contribution is -2.15. The summed E-state index contributed by atoms with van der Waals surface area (Å²) < 4.78 is 5.18. The standard InChI is InChI=1S/C9H16O/c1-10-6-9-5-7-2-3-8(9)4-7/h7-9H,2-6H2,1H3/t7?,8-,9-/m0/s1. The first-order valence-corrected chi connectivity index (χ1v) is 4.39. The Morgan fingerprint density at radius 1 is 1.30 bits per heavy atom. The maximum absolute atomic E-state index is 5.18. The van der Waals surface area contributed by atoms with Crippen LogP contribution >= 0.6 is 0 Å². The number of hydrogen-bond donors (Lipinski definition) is 0. The van der Waals surface area contributed by atoms with Crippen molar-refractivity contribution in [2.45, 2.75) is 25.7 Å². The third kappa shape index (κ3) is 0.968. The van der Waals surface area contributed by atoms with Gasteiger partial charge in [0.2, 0.25) is 0 Å². The molecule has 0 spiro atoms. The molecule has 2 rings (SSSR count). The molecule has 3 atom stereocenters. The van der Waals surface area contributed by atoms with Crippen LogP contribution in [0.3, 0.4) is 0 Å². The van der Waals surface area contributed by atoms with Gasteiger partial charge in [0.05, 0.1) is 0 Å². The quantitative estimate of drug-likeness (QED) is 0.570. The molecule has 0 heterocycles. The van der Waals surface area contributed by atoms with Crippen molar-refractivity contribution < 1.29 is 4.74 Å². The molecule has 0 amide bonds. The van der Waals surface area contributed by atoms with Crippen LogP contribution < -0.4 is 0 Å². The van der Waals surface area contributed by atoms with Crippen molar-refractivity contribution in [3.8, 4) is 0 Å². The van der Waals surface area contributed by atoms with Crippen molar-refractivity contribution in [1.29, 1.82) is 0 Å². The van der Waals surface area contributed by atoms with E-state index < -0.39 is 0 Å². The van der Waals surface area contributed by atoms with Crippen LogP contribution in [0.2, 0.25) is 0 Å². The van der Waals surface area contributed by atoms with E-state index in [0.717, 1.165) is 24.4 Å². The number of rotatable bonds is 2. The normalized spacial score (nSPS) is 44.7. The summed E-state index contributed by atoms with van der Waals surface area (Å²) in [5, 5.41) is 0. The van der Waals surface area contributed by atoms with E-state index in [2.05, 4.69) is 0 Å². The average molecular weight is 140 g/mol. The Kier molecular flexibility index (Phi) is 1.69. The van der Waals surface area contributed by atoms with Gasteiger partial charge in [0.1, 0.15) is 0 Å². The fraction of sp³-hybridized carbons (Fsp3) is 1.00. The maximum atomic E-state index is 5.18. The average Bonchev–Trinajstić information content (AvgIpc) is 2.48. The van der Waals surface area contributed by atoms with Crippen LogP contribution in [0.1, 0.15) is 25.7 Å². The highest BCUT2D eigenvalue weighted by Gasteiger charge is 2.38. The first kappa shape index (κ1) is 6.66. The predicted molar refractivity (Wildman–Crippen MR) is 40.8 cm³/mol. The zero-order valence-corrected chi connectivity index (χ0v) is 6.68. The minimum atomic E-state index is 0.920. The molecule has 0 aromatic carbocycles. The van der Waals surface area contributed by atoms with Crippen LogP contribution in [0.4, 0.5) is 0 Å². The molecule has 2 saturated carbocycles. The van der Waals surface area contributed by atoms with Gasteiger partial charge >= 0.3 is 0 Å². The summed E-state index contributed by atoms with van der Waals surface area (Å²) in [6, 6.07) is 0. The minimum absolute atomic E-state index is 0.920. The second kappa shape index (κ2) is 2.54. The Bertz CT molecular complexity index is 122. The lowest BCUT2D eigenvalue weighted by molar-refractivity contribution is 0.122. The van der Waals surface area contributed by atoms with E-state index in [1.54, 1.807) is 0 Å². The van der Waals surface area contributed by atoms with Crippen LogP contribution in [-0.2, 0) is 4.74 Å². The highest BCUT2D eigenvalue weighted by atomic mass is 16.5. The molecule has 0 N–H and O–H groups in total. The molecule has 2 bridgehead atoms. The molecule has 10 heavy (non-hydrogen) atoms. The smallest absolute Gasteiger partial charge is 0.0493 e. The maximum Gasteiger partial charge on any atom is 0.0493 e. The van der Waals surface area contributed by atoms with Crippen molar-refractivity contribution >= 4 is 0 Å². The number of fused-ring (bicyclic) bond motifs is 2. The van der Waals surface area contributed by atoms with Gasteiger partial charge in [-0.2, -0.15) is 0 Å². The summed E-state index contributed by atoms with van der Waals surface area (Å²) in [7, 11) is 1.83. The highest BCUT2D eigenvalue weighted by molar-refractivity contribution is 4.89. The highest BCUT2D eigenvalue weighted by Crippen LogP contribution is 2.48.